The molecule has 5 heteroatoms. The van der Waals surface area contributed by atoms with Gasteiger partial charge in [0.2, 0.25) is 5.91 Å². The minimum Gasteiger partial charge on any atom is -0.303 e. The van der Waals surface area contributed by atoms with Crippen molar-refractivity contribution in [3.05, 3.63) is 35.9 Å². The molecule has 1 atom stereocenters. The monoisotopic (exact) mass is 249 g/mol. The lowest BCUT2D eigenvalue weighted by Gasteiger charge is -2.05. The zero-order chi connectivity index (χ0) is 12.1. The van der Waals surface area contributed by atoms with Crippen LogP contribution in [0.5, 0.6) is 0 Å². The number of nitrogens with zero attached hydrogens (tertiary/aromatic N) is 1. The van der Waals surface area contributed by atoms with Gasteiger partial charge in [0.15, 0.2) is 5.17 Å². The number of hydrazone groups is 1. The standard InChI is InChI=1S/C12H15N3OS/c1-2-11-14-15-12(17-11)13-10(16)8-9-6-4-3-5-7-9/h3-7,11,14H,2,8H2,1H3,(H,13,15,16). The van der Waals surface area contributed by atoms with E-state index in [9.17, 15) is 4.79 Å². The van der Waals surface area contributed by atoms with Crippen molar-refractivity contribution in [1.29, 1.82) is 0 Å². The van der Waals surface area contributed by atoms with Gasteiger partial charge in [0.05, 0.1) is 11.8 Å². The van der Waals surface area contributed by atoms with Crippen molar-refractivity contribution in [2.45, 2.75) is 25.1 Å². The van der Waals surface area contributed by atoms with Gasteiger partial charge in [0.25, 0.3) is 0 Å². The minimum atomic E-state index is -0.0268. The van der Waals surface area contributed by atoms with E-state index in [1.807, 2.05) is 30.3 Å². The van der Waals surface area contributed by atoms with Gasteiger partial charge >= 0.3 is 0 Å². The molecule has 4 nitrogen and oxygen atoms in total. The molecule has 0 radical (unpaired) electrons. The number of benzene rings is 1. The smallest absolute Gasteiger partial charge is 0.230 e. The molecule has 17 heavy (non-hydrogen) atoms. The van der Waals surface area contributed by atoms with Crippen molar-refractivity contribution < 1.29 is 4.79 Å². The van der Waals surface area contributed by atoms with E-state index in [0.717, 1.165) is 12.0 Å². The molecule has 1 aliphatic rings. The van der Waals surface area contributed by atoms with Crippen LogP contribution in [0.2, 0.25) is 0 Å². The summed E-state index contributed by atoms with van der Waals surface area (Å²) in [5, 5.41) is 7.81. The first-order valence-corrected chi connectivity index (χ1v) is 6.49. The highest BCUT2D eigenvalue weighted by atomic mass is 32.2. The zero-order valence-electron chi connectivity index (χ0n) is 9.64. The maximum Gasteiger partial charge on any atom is 0.230 e. The molecule has 1 aliphatic heterocycles. The third-order valence-corrected chi connectivity index (χ3v) is 3.53. The molecule has 0 bridgehead atoms. The molecule has 90 valence electrons. The third kappa shape index (κ3) is 3.49. The van der Waals surface area contributed by atoms with Gasteiger partial charge in [-0.15, -0.1) is 0 Å². The van der Waals surface area contributed by atoms with Gasteiger partial charge in [-0.2, -0.15) is 5.10 Å². The number of nitrogens with one attached hydrogen (secondary N) is 2. The average molecular weight is 249 g/mol. The number of rotatable bonds is 3. The molecule has 2 N–H and O–H groups in total. The first-order chi connectivity index (χ1) is 8.28. The molecule has 0 spiro atoms. The van der Waals surface area contributed by atoms with Gasteiger partial charge in [0.1, 0.15) is 0 Å². The number of carbonyl (C=O) groups is 1. The Balaban J connectivity index is 1.83. The Hall–Kier alpha value is -1.49. The lowest BCUT2D eigenvalue weighted by molar-refractivity contribution is -0.119. The van der Waals surface area contributed by atoms with E-state index in [4.69, 9.17) is 0 Å². The Morgan fingerprint density at radius 2 is 2.24 bits per heavy atom. The topological polar surface area (TPSA) is 53.5 Å². The number of amidine groups is 1. The molecular weight excluding hydrogens is 234 g/mol. The van der Waals surface area contributed by atoms with E-state index in [0.29, 0.717) is 11.6 Å². The van der Waals surface area contributed by atoms with Gasteiger partial charge < -0.3 is 5.32 Å². The van der Waals surface area contributed by atoms with Crippen LogP contribution in [0.1, 0.15) is 18.9 Å². The highest BCUT2D eigenvalue weighted by Gasteiger charge is 2.18. The van der Waals surface area contributed by atoms with Crippen LogP contribution >= 0.6 is 11.8 Å². The van der Waals surface area contributed by atoms with Crippen molar-refractivity contribution >= 4 is 22.8 Å². The highest BCUT2D eigenvalue weighted by molar-refractivity contribution is 8.14. The molecule has 1 heterocycles. The number of thioether (sulfide) groups is 1. The van der Waals surface area contributed by atoms with E-state index in [1.54, 1.807) is 11.8 Å². The normalized spacial score (nSPS) is 18.4. The Bertz CT molecular complexity index is 419. The molecule has 1 aromatic rings. The molecule has 0 fully saturated rings. The zero-order valence-corrected chi connectivity index (χ0v) is 10.5. The quantitative estimate of drug-likeness (QED) is 0.857. The SMILES string of the molecule is CCC1NN=C(NC(=O)Cc2ccccc2)S1. The number of carbonyl (C=O) groups excluding carboxylic acids is 1. The second-order valence-electron chi connectivity index (χ2n) is 3.77. The molecule has 1 unspecified atom stereocenters. The average Bonchev–Trinajstić information content (AvgIpc) is 2.78. The fraction of sp³-hybridized carbons (Fsp3) is 0.333. The van der Waals surface area contributed by atoms with Crippen LogP contribution in [0.3, 0.4) is 0 Å². The summed E-state index contributed by atoms with van der Waals surface area (Å²) < 4.78 is 0. The van der Waals surface area contributed by atoms with Crippen LogP contribution in [0, 0.1) is 0 Å². The summed E-state index contributed by atoms with van der Waals surface area (Å²) in [5.74, 6) is -0.0268. The van der Waals surface area contributed by atoms with Crippen LogP contribution < -0.4 is 10.7 Å². The Morgan fingerprint density at radius 3 is 2.88 bits per heavy atom. The highest BCUT2D eigenvalue weighted by Crippen LogP contribution is 2.17. The minimum absolute atomic E-state index is 0.0268. The maximum absolute atomic E-state index is 11.7. The van der Waals surface area contributed by atoms with Gasteiger partial charge in [-0.3, -0.25) is 10.2 Å². The van der Waals surface area contributed by atoms with Crippen LogP contribution in [-0.4, -0.2) is 16.4 Å². The number of hydrogen-bond donors (Lipinski definition) is 2. The Kier molecular flexibility index (Phi) is 4.03. The van der Waals surface area contributed by atoms with E-state index < -0.39 is 0 Å². The largest absolute Gasteiger partial charge is 0.303 e. The second kappa shape index (κ2) is 5.72. The van der Waals surface area contributed by atoms with Gasteiger partial charge in [-0.25, -0.2) is 0 Å². The van der Waals surface area contributed by atoms with Gasteiger partial charge in [-0.05, 0) is 12.0 Å². The van der Waals surface area contributed by atoms with Crippen molar-refractivity contribution in [2.24, 2.45) is 5.10 Å². The summed E-state index contributed by atoms with van der Waals surface area (Å²) in [7, 11) is 0. The molecule has 0 aliphatic carbocycles. The lowest BCUT2D eigenvalue weighted by atomic mass is 10.1. The fourth-order valence-electron chi connectivity index (χ4n) is 1.49. The van der Waals surface area contributed by atoms with E-state index in [-0.39, 0.29) is 11.3 Å². The summed E-state index contributed by atoms with van der Waals surface area (Å²) >= 11 is 1.56. The summed E-state index contributed by atoms with van der Waals surface area (Å²) in [6, 6.07) is 9.68. The van der Waals surface area contributed by atoms with Crippen LogP contribution in [-0.2, 0) is 11.2 Å². The fourth-order valence-corrected chi connectivity index (χ4v) is 2.31. The molecule has 1 aromatic carbocycles. The van der Waals surface area contributed by atoms with Crippen LogP contribution in [0.4, 0.5) is 0 Å². The summed E-state index contributed by atoms with van der Waals surface area (Å²) in [4.78, 5) is 11.7. The van der Waals surface area contributed by atoms with Crippen molar-refractivity contribution in [2.75, 3.05) is 0 Å². The van der Waals surface area contributed by atoms with E-state index in [2.05, 4.69) is 22.8 Å². The second-order valence-corrected chi connectivity index (χ2v) is 4.96. The van der Waals surface area contributed by atoms with E-state index in [1.165, 1.54) is 0 Å². The predicted octanol–water partition coefficient (Wildman–Crippen LogP) is 1.69. The number of hydrogen-bond acceptors (Lipinski definition) is 4. The van der Waals surface area contributed by atoms with Gasteiger partial charge in [-0.1, -0.05) is 49.0 Å². The lowest BCUT2D eigenvalue weighted by Crippen LogP contribution is -2.29. The van der Waals surface area contributed by atoms with E-state index >= 15 is 0 Å². The molecule has 0 saturated heterocycles. The first-order valence-electron chi connectivity index (χ1n) is 5.61. The van der Waals surface area contributed by atoms with Crippen molar-refractivity contribution in [3.8, 4) is 0 Å². The molecule has 2 rings (SSSR count). The van der Waals surface area contributed by atoms with Crippen LogP contribution in [0.15, 0.2) is 35.4 Å². The van der Waals surface area contributed by atoms with Crippen molar-refractivity contribution in [1.82, 2.24) is 10.7 Å². The summed E-state index contributed by atoms with van der Waals surface area (Å²) in [6.07, 6.45) is 1.36. The number of amides is 1. The first kappa shape index (κ1) is 12.0. The predicted molar refractivity (Wildman–Crippen MR) is 70.5 cm³/mol. The Labute approximate surface area is 105 Å². The molecular formula is C12H15N3OS. The maximum atomic E-state index is 11.7. The third-order valence-electron chi connectivity index (χ3n) is 2.39. The summed E-state index contributed by atoms with van der Waals surface area (Å²) in [5.41, 5.74) is 3.97. The summed E-state index contributed by atoms with van der Waals surface area (Å²) in [6.45, 7) is 2.08. The van der Waals surface area contributed by atoms with Gasteiger partial charge in [0, 0.05) is 0 Å². The molecule has 1 amide bonds. The molecule has 0 saturated carbocycles. The molecule has 0 aromatic heterocycles. The van der Waals surface area contributed by atoms with Crippen LogP contribution in [0.25, 0.3) is 0 Å². The van der Waals surface area contributed by atoms with Crippen molar-refractivity contribution in [3.63, 3.8) is 0 Å². The Morgan fingerprint density at radius 1 is 1.47 bits per heavy atom.